The van der Waals surface area contributed by atoms with E-state index in [2.05, 4.69) is 10.1 Å². The summed E-state index contributed by atoms with van der Waals surface area (Å²) in [6.45, 7) is -0.408. The molecule has 1 aliphatic heterocycles. The first-order chi connectivity index (χ1) is 7.67. The molecule has 2 unspecified atom stereocenters. The molecule has 2 heterocycles. The van der Waals surface area contributed by atoms with Gasteiger partial charge in [0.2, 0.25) is 0 Å². The number of nitrogens with zero attached hydrogens (tertiary/aromatic N) is 4. The summed E-state index contributed by atoms with van der Waals surface area (Å²) in [6.07, 6.45) is -2.99. The number of aliphatic hydroxyl groups is 3. The molecule has 8 nitrogen and oxygen atoms in total. The molecule has 16 heavy (non-hydrogen) atoms. The summed E-state index contributed by atoms with van der Waals surface area (Å²) in [5.74, 6) is -0.0576. The van der Waals surface area contributed by atoms with Crippen LogP contribution in [-0.4, -0.2) is 55.0 Å². The van der Waals surface area contributed by atoms with Crippen LogP contribution in [0.25, 0.3) is 0 Å². The second kappa shape index (κ2) is 4.15. The van der Waals surface area contributed by atoms with Gasteiger partial charge < -0.3 is 20.1 Å². The predicted molar refractivity (Wildman–Crippen MR) is 47.7 cm³/mol. The molecule has 1 aromatic rings. The number of ether oxygens (including phenoxy) is 1. The molecule has 0 radical (unpaired) electrons. The average Bonchev–Trinajstić information content (AvgIpc) is 2.86. The molecule has 2 rings (SSSR count). The van der Waals surface area contributed by atoms with Crippen molar-refractivity contribution in [3.05, 3.63) is 12.2 Å². The summed E-state index contributed by atoms with van der Waals surface area (Å²) in [6, 6.07) is 1.73. The number of rotatable bonds is 2. The Morgan fingerprint density at radius 2 is 2.25 bits per heavy atom. The molecule has 1 aliphatic rings. The Morgan fingerprint density at radius 3 is 2.75 bits per heavy atom. The van der Waals surface area contributed by atoms with Crippen molar-refractivity contribution in [2.24, 2.45) is 0 Å². The van der Waals surface area contributed by atoms with E-state index in [1.807, 2.05) is 0 Å². The molecular formula is C8H10N4O4. The van der Waals surface area contributed by atoms with Gasteiger partial charge in [0.15, 0.2) is 6.23 Å². The van der Waals surface area contributed by atoms with E-state index >= 15 is 0 Å². The molecule has 3 N–H and O–H groups in total. The first-order valence-electron chi connectivity index (χ1n) is 4.61. The topological polar surface area (TPSA) is 124 Å². The minimum Gasteiger partial charge on any atom is -0.394 e. The van der Waals surface area contributed by atoms with Crippen molar-refractivity contribution >= 4 is 0 Å². The van der Waals surface area contributed by atoms with Crippen LogP contribution in [-0.2, 0) is 4.74 Å². The Balaban J connectivity index is 2.20. The van der Waals surface area contributed by atoms with Gasteiger partial charge in [-0.2, -0.15) is 5.26 Å². The molecule has 1 saturated heterocycles. The fraction of sp³-hybridized carbons (Fsp3) is 0.625. The smallest absolute Gasteiger partial charge is 0.252 e. The Kier molecular flexibility index (Phi) is 2.84. The molecule has 1 aromatic heterocycles. The first-order valence-corrected chi connectivity index (χ1v) is 4.61. The standard InChI is InChI=1S/C8H10N4O4/c9-1-5-10-3-12(11-5)8-7(15)6(14)4(2-13)16-8/h3-4,6-8,13-15H,2H2/t4-,6?,7?,8-/m1/s1. The second-order valence-electron chi connectivity index (χ2n) is 3.39. The highest BCUT2D eigenvalue weighted by Crippen LogP contribution is 2.28. The molecule has 0 amide bonds. The highest BCUT2D eigenvalue weighted by molar-refractivity contribution is 5.06. The molecule has 0 bridgehead atoms. The first kappa shape index (κ1) is 11.0. The lowest BCUT2D eigenvalue weighted by Crippen LogP contribution is -2.33. The highest BCUT2D eigenvalue weighted by atomic mass is 16.6. The third-order valence-corrected chi connectivity index (χ3v) is 2.39. The minimum atomic E-state index is -1.22. The zero-order chi connectivity index (χ0) is 11.7. The monoisotopic (exact) mass is 226 g/mol. The zero-order valence-corrected chi connectivity index (χ0v) is 8.13. The van der Waals surface area contributed by atoms with Crippen LogP contribution in [0.4, 0.5) is 0 Å². The van der Waals surface area contributed by atoms with Crippen LogP contribution in [0.2, 0.25) is 0 Å². The van der Waals surface area contributed by atoms with E-state index in [-0.39, 0.29) is 5.82 Å². The van der Waals surface area contributed by atoms with E-state index in [9.17, 15) is 10.2 Å². The molecule has 0 saturated carbocycles. The number of hydrogen-bond acceptors (Lipinski definition) is 7. The average molecular weight is 226 g/mol. The van der Waals surface area contributed by atoms with Crippen LogP contribution in [0.3, 0.4) is 0 Å². The normalized spacial score (nSPS) is 33.9. The molecular weight excluding hydrogens is 216 g/mol. The van der Waals surface area contributed by atoms with Crippen LogP contribution in [0.15, 0.2) is 6.33 Å². The summed E-state index contributed by atoms with van der Waals surface area (Å²) in [7, 11) is 0. The lowest BCUT2D eigenvalue weighted by atomic mass is 10.1. The van der Waals surface area contributed by atoms with Crippen LogP contribution in [0.5, 0.6) is 0 Å². The Bertz CT molecular complexity index is 414. The van der Waals surface area contributed by atoms with Gasteiger partial charge in [-0.05, 0) is 0 Å². The van der Waals surface area contributed by atoms with Crippen molar-refractivity contribution in [1.29, 1.82) is 5.26 Å². The maximum Gasteiger partial charge on any atom is 0.252 e. The van der Waals surface area contributed by atoms with Crippen molar-refractivity contribution in [2.75, 3.05) is 6.61 Å². The summed E-state index contributed by atoms with van der Waals surface area (Å²) < 4.78 is 6.32. The number of hydrogen-bond donors (Lipinski definition) is 3. The van der Waals surface area contributed by atoms with Crippen LogP contribution >= 0.6 is 0 Å². The van der Waals surface area contributed by atoms with E-state index in [1.54, 1.807) is 6.07 Å². The molecule has 4 atom stereocenters. The number of nitriles is 1. The number of aromatic nitrogens is 3. The van der Waals surface area contributed by atoms with Crippen molar-refractivity contribution in [1.82, 2.24) is 14.8 Å². The van der Waals surface area contributed by atoms with Gasteiger partial charge in [0.25, 0.3) is 5.82 Å². The van der Waals surface area contributed by atoms with E-state index in [1.165, 1.54) is 6.33 Å². The third kappa shape index (κ3) is 1.66. The van der Waals surface area contributed by atoms with Gasteiger partial charge in [-0.15, -0.1) is 5.10 Å². The van der Waals surface area contributed by atoms with Gasteiger partial charge >= 0.3 is 0 Å². The van der Waals surface area contributed by atoms with Gasteiger partial charge in [0.1, 0.15) is 30.7 Å². The van der Waals surface area contributed by atoms with Gasteiger partial charge in [-0.3, -0.25) is 0 Å². The largest absolute Gasteiger partial charge is 0.394 e. The van der Waals surface area contributed by atoms with Crippen LogP contribution in [0.1, 0.15) is 12.1 Å². The second-order valence-corrected chi connectivity index (χ2v) is 3.39. The van der Waals surface area contributed by atoms with E-state index in [0.29, 0.717) is 0 Å². The molecule has 0 spiro atoms. The lowest BCUT2D eigenvalue weighted by Gasteiger charge is -2.13. The van der Waals surface area contributed by atoms with E-state index in [0.717, 1.165) is 4.68 Å². The Labute approximate surface area is 90.3 Å². The highest BCUT2D eigenvalue weighted by Gasteiger charge is 2.43. The van der Waals surface area contributed by atoms with Gasteiger partial charge in [-0.25, -0.2) is 9.67 Å². The Hall–Kier alpha value is -1.53. The zero-order valence-electron chi connectivity index (χ0n) is 8.13. The van der Waals surface area contributed by atoms with Gasteiger partial charge in [0.05, 0.1) is 6.61 Å². The quantitative estimate of drug-likeness (QED) is 0.520. The third-order valence-electron chi connectivity index (χ3n) is 2.39. The fourth-order valence-corrected chi connectivity index (χ4v) is 1.55. The lowest BCUT2D eigenvalue weighted by molar-refractivity contribution is -0.0588. The number of aliphatic hydroxyl groups excluding tert-OH is 3. The van der Waals surface area contributed by atoms with Crippen LogP contribution < -0.4 is 0 Å². The summed E-state index contributed by atoms with van der Waals surface area (Å²) in [5.41, 5.74) is 0. The summed E-state index contributed by atoms with van der Waals surface area (Å²) in [5, 5.41) is 40.3. The minimum absolute atomic E-state index is 0.0576. The van der Waals surface area contributed by atoms with Gasteiger partial charge in [-0.1, -0.05) is 0 Å². The molecule has 8 heteroatoms. The van der Waals surface area contributed by atoms with E-state index in [4.69, 9.17) is 15.1 Å². The summed E-state index contributed by atoms with van der Waals surface area (Å²) >= 11 is 0. The van der Waals surface area contributed by atoms with Crippen molar-refractivity contribution in [3.63, 3.8) is 0 Å². The van der Waals surface area contributed by atoms with Crippen molar-refractivity contribution in [3.8, 4) is 6.07 Å². The SMILES string of the molecule is N#Cc1ncn([C@@H]2O[C@H](CO)C(O)C2O)n1. The maximum absolute atomic E-state index is 9.64. The molecule has 1 fully saturated rings. The Morgan fingerprint density at radius 1 is 1.50 bits per heavy atom. The maximum atomic E-state index is 9.64. The summed E-state index contributed by atoms with van der Waals surface area (Å²) in [4.78, 5) is 3.65. The predicted octanol–water partition coefficient (Wildman–Crippen LogP) is -2.24. The fourth-order valence-electron chi connectivity index (χ4n) is 1.55. The van der Waals surface area contributed by atoms with Crippen molar-refractivity contribution in [2.45, 2.75) is 24.5 Å². The molecule has 0 aromatic carbocycles. The van der Waals surface area contributed by atoms with E-state index < -0.39 is 31.1 Å². The van der Waals surface area contributed by atoms with Crippen LogP contribution in [0, 0.1) is 11.3 Å². The molecule has 0 aliphatic carbocycles. The molecule has 86 valence electrons. The van der Waals surface area contributed by atoms with Gasteiger partial charge in [0, 0.05) is 0 Å². The van der Waals surface area contributed by atoms with Crippen molar-refractivity contribution < 1.29 is 20.1 Å².